The molecule has 2 atom stereocenters. The van der Waals surface area contributed by atoms with Gasteiger partial charge >= 0.3 is 6.18 Å². The maximum absolute atomic E-state index is 14.7. The van der Waals surface area contributed by atoms with Gasteiger partial charge in [-0.25, -0.2) is 4.39 Å². The number of ether oxygens (including phenoxy) is 1. The normalized spacial score (nSPS) is 18.8. The molecule has 0 bridgehead atoms. The van der Waals surface area contributed by atoms with Crippen LogP contribution in [0, 0.1) is 15.9 Å². The van der Waals surface area contributed by atoms with Gasteiger partial charge in [-0.05, 0) is 44.2 Å². The summed E-state index contributed by atoms with van der Waals surface area (Å²) < 4.78 is 58.7. The molecule has 33 heavy (non-hydrogen) atoms. The van der Waals surface area contributed by atoms with Crippen LogP contribution in [0.25, 0.3) is 0 Å². The average molecular weight is 487 g/mol. The van der Waals surface area contributed by atoms with Crippen LogP contribution in [0.5, 0.6) is 0 Å². The molecule has 0 aromatic heterocycles. The molecular weight excluding hydrogens is 466 g/mol. The molecule has 7 nitrogen and oxygen atoms in total. The van der Waals surface area contributed by atoms with Crippen molar-refractivity contribution in [1.82, 2.24) is 0 Å². The fourth-order valence-electron chi connectivity index (χ4n) is 3.51. The number of nitrogens with one attached hydrogen (secondary N) is 1. The number of nitrogens with zero attached hydrogens (tertiary/aromatic N) is 2. The first-order chi connectivity index (χ1) is 15.4. The zero-order valence-corrected chi connectivity index (χ0v) is 18.5. The SMILES string of the molecule is CC1CN(c2ccc(NC(=O)CSc3ccc(C(F)(F)F)cc3[N+](=O)[O-])cc2F)CC(C)O1. The predicted molar refractivity (Wildman–Crippen MR) is 116 cm³/mol. The first kappa shape index (κ1) is 24.8. The summed E-state index contributed by atoms with van der Waals surface area (Å²) in [7, 11) is 0. The fourth-order valence-corrected chi connectivity index (χ4v) is 4.32. The Kier molecular flexibility index (Phi) is 7.48. The number of hydrogen-bond acceptors (Lipinski definition) is 6. The van der Waals surface area contributed by atoms with Crippen molar-refractivity contribution in [3.05, 3.63) is 57.9 Å². The molecule has 1 heterocycles. The molecule has 1 fully saturated rings. The van der Waals surface area contributed by atoms with Crippen molar-refractivity contribution in [2.45, 2.75) is 37.1 Å². The van der Waals surface area contributed by atoms with Crippen molar-refractivity contribution in [2.24, 2.45) is 0 Å². The highest BCUT2D eigenvalue weighted by Gasteiger charge is 2.33. The number of hydrogen-bond donors (Lipinski definition) is 1. The van der Waals surface area contributed by atoms with Crippen molar-refractivity contribution < 1.29 is 32.0 Å². The molecule has 0 aliphatic carbocycles. The number of nitro benzene ring substituents is 1. The largest absolute Gasteiger partial charge is 0.416 e. The third-order valence-corrected chi connectivity index (χ3v) is 5.90. The van der Waals surface area contributed by atoms with E-state index in [1.165, 1.54) is 12.1 Å². The Balaban J connectivity index is 1.64. The van der Waals surface area contributed by atoms with Crippen LogP contribution in [-0.2, 0) is 15.7 Å². The minimum absolute atomic E-state index is 0.0567. The molecule has 0 radical (unpaired) electrons. The Labute approximate surface area is 191 Å². The van der Waals surface area contributed by atoms with Gasteiger partial charge in [0, 0.05) is 24.8 Å². The molecule has 2 aromatic rings. The quantitative estimate of drug-likeness (QED) is 0.264. The summed E-state index contributed by atoms with van der Waals surface area (Å²) in [5.41, 5.74) is -1.32. The highest BCUT2D eigenvalue weighted by Crippen LogP contribution is 2.36. The summed E-state index contributed by atoms with van der Waals surface area (Å²) in [6.07, 6.45) is -4.84. The first-order valence-corrected chi connectivity index (χ1v) is 10.9. The first-order valence-electron chi connectivity index (χ1n) is 9.92. The zero-order valence-electron chi connectivity index (χ0n) is 17.7. The average Bonchev–Trinajstić information content (AvgIpc) is 2.70. The van der Waals surface area contributed by atoms with E-state index in [2.05, 4.69) is 5.32 Å². The molecule has 0 spiro atoms. The van der Waals surface area contributed by atoms with E-state index < -0.39 is 34.1 Å². The molecule has 1 aliphatic heterocycles. The van der Waals surface area contributed by atoms with Gasteiger partial charge in [-0.15, -0.1) is 11.8 Å². The van der Waals surface area contributed by atoms with Crippen LogP contribution in [0.3, 0.4) is 0 Å². The lowest BCUT2D eigenvalue weighted by molar-refractivity contribution is -0.388. The molecule has 1 saturated heterocycles. The number of rotatable bonds is 6. The second-order valence-electron chi connectivity index (χ2n) is 7.60. The standard InChI is InChI=1S/C21H21F4N3O4S/c1-12-9-27(10-13(2)32-12)17-5-4-15(8-16(17)22)26-20(29)11-33-19-6-3-14(21(23,24)25)7-18(19)28(30)31/h3-8,12-13H,9-11H2,1-2H3,(H,26,29). The van der Waals surface area contributed by atoms with E-state index in [4.69, 9.17) is 4.74 Å². The van der Waals surface area contributed by atoms with Crippen LogP contribution in [-0.4, -0.2) is 41.9 Å². The van der Waals surface area contributed by atoms with Gasteiger partial charge in [0.05, 0.1) is 39.0 Å². The lowest BCUT2D eigenvalue weighted by atomic mass is 10.2. The maximum Gasteiger partial charge on any atom is 0.416 e. The lowest BCUT2D eigenvalue weighted by Crippen LogP contribution is -2.45. The van der Waals surface area contributed by atoms with Gasteiger partial charge in [-0.3, -0.25) is 14.9 Å². The molecule has 1 amide bonds. The second-order valence-corrected chi connectivity index (χ2v) is 8.62. The highest BCUT2D eigenvalue weighted by molar-refractivity contribution is 8.00. The predicted octanol–water partition coefficient (Wildman–Crippen LogP) is 5.10. The van der Waals surface area contributed by atoms with E-state index in [1.807, 2.05) is 18.7 Å². The number of benzene rings is 2. The number of anilines is 2. The Morgan fingerprint density at radius 2 is 1.88 bits per heavy atom. The number of carbonyl (C=O) groups is 1. The van der Waals surface area contributed by atoms with Crippen LogP contribution in [0.4, 0.5) is 34.6 Å². The lowest BCUT2D eigenvalue weighted by Gasteiger charge is -2.37. The number of nitro groups is 1. The van der Waals surface area contributed by atoms with E-state index in [0.717, 1.165) is 6.07 Å². The van der Waals surface area contributed by atoms with E-state index in [9.17, 15) is 32.5 Å². The van der Waals surface area contributed by atoms with E-state index in [-0.39, 0.29) is 28.5 Å². The van der Waals surface area contributed by atoms with Gasteiger partial charge in [0.1, 0.15) is 5.82 Å². The van der Waals surface area contributed by atoms with Crippen LogP contribution in [0.15, 0.2) is 41.3 Å². The molecule has 178 valence electrons. The number of carbonyl (C=O) groups excluding carboxylic acids is 1. The molecular formula is C21H21F4N3O4S. The Morgan fingerprint density at radius 3 is 2.45 bits per heavy atom. The van der Waals surface area contributed by atoms with Crippen molar-refractivity contribution >= 4 is 34.7 Å². The minimum Gasteiger partial charge on any atom is -0.372 e. The number of morpholine rings is 1. The Morgan fingerprint density at radius 1 is 1.21 bits per heavy atom. The summed E-state index contributed by atoms with van der Waals surface area (Å²) >= 11 is 0.716. The van der Waals surface area contributed by atoms with Gasteiger partial charge in [-0.1, -0.05) is 0 Å². The topological polar surface area (TPSA) is 84.7 Å². The Bertz CT molecular complexity index is 1040. The Hall–Kier alpha value is -2.86. The molecule has 3 rings (SSSR count). The van der Waals surface area contributed by atoms with Crippen LogP contribution in [0.2, 0.25) is 0 Å². The molecule has 0 saturated carbocycles. The monoisotopic (exact) mass is 487 g/mol. The van der Waals surface area contributed by atoms with E-state index in [0.29, 0.717) is 42.7 Å². The minimum atomic E-state index is -4.72. The highest BCUT2D eigenvalue weighted by atomic mass is 32.2. The van der Waals surface area contributed by atoms with Gasteiger partial charge in [0.25, 0.3) is 5.69 Å². The fraction of sp³-hybridized carbons (Fsp3) is 0.381. The van der Waals surface area contributed by atoms with Crippen molar-refractivity contribution in [1.29, 1.82) is 0 Å². The van der Waals surface area contributed by atoms with Gasteiger partial charge in [0.2, 0.25) is 5.91 Å². The summed E-state index contributed by atoms with van der Waals surface area (Å²) in [6, 6.07) is 6.35. The van der Waals surface area contributed by atoms with Crippen molar-refractivity contribution in [2.75, 3.05) is 29.1 Å². The van der Waals surface area contributed by atoms with Crippen LogP contribution in [0.1, 0.15) is 19.4 Å². The molecule has 12 heteroatoms. The third kappa shape index (κ3) is 6.35. The maximum atomic E-state index is 14.7. The van der Waals surface area contributed by atoms with Crippen molar-refractivity contribution in [3.8, 4) is 0 Å². The summed E-state index contributed by atoms with van der Waals surface area (Å²) in [4.78, 5) is 24.2. The molecule has 1 aliphatic rings. The van der Waals surface area contributed by atoms with Gasteiger partial charge in [-0.2, -0.15) is 13.2 Å². The van der Waals surface area contributed by atoms with E-state index in [1.54, 1.807) is 6.07 Å². The van der Waals surface area contributed by atoms with Gasteiger partial charge in [0.15, 0.2) is 0 Å². The van der Waals surface area contributed by atoms with E-state index >= 15 is 0 Å². The number of halogens is 4. The molecule has 2 aromatic carbocycles. The van der Waals surface area contributed by atoms with Crippen LogP contribution < -0.4 is 10.2 Å². The van der Waals surface area contributed by atoms with Gasteiger partial charge < -0.3 is 15.0 Å². The smallest absolute Gasteiger partial charge is 0.372 e. The number of alkyl halides is 3. The third-order valence-electron chi connectivity index (χ3n) is 4.83. The number of thioether (sulfide) groups is 1. The zero-order chi connectivity index (χ0) is 24.3. The summed E-state index contributed by atoms with van der Waals surface area (Å²) in [5.74, 6) is -1.43. The molecule has 1 N–H and O–H groups in total. The number of amides is 1. The second kappa shape index (κ2) is 9.96. The summed E-state index contributed by atoms with van der Waals surface area (Å²) in [5, 5.41) is 13.6. The van der Waals surface area contributed by atoms with Crippen LogP contribution >= 0.6 is 11.8 Å². The molecule has 2 unspecified atom stereocenters. The van der Waals surface area contributed by atoms with Crippen molar-refractivity contribution in [3.63, 3.8) is 0 Å². The summed E-state index contributed by atoms with van der Waals surface area (Å²) in [6.45, 7) is 4.84.